The van der Waals surface area contributed by atoms with Gasteiger partial charge in [0.25, 0.3) is 5.91 Å². The zero-order valence-electron chi connectivity index (χ0n) is 19.3. The molecule has 0 bridgehead atoms. The number of aromatic hydroxyl groups is 1. The first-order chi connectivity index (χ1) is 16.0. The number of fused-ring (bicyclic) bond motifs is 1. The molecule has 0 atom stereocenters. The first-order valence-electron chi connectivity index (χ1n) is 11.8. The Bertz CT molecular complexity index is 914. The fraction of sp³-hybridized carbons (Fsp3) is 0.500. The zero-order chi connectivity index (χ0) is 23.5. The van der Waals surface area contributed by atoms with E-state index >= 15 is 0 Å². The molecular formula is C26H34N2O5. The van der Waals surface area contributed by atoms with Crippen LogP contribution in [-0.4, -0.2) is 42.0 Å². The normalized spacial score (nSPS) is 21.4. The molecule has 1 aromatic carbocycles. The largest absolute Gasteiger partial charge is 0.508 e. The second-order valence-corrected chi connectivity index (χ2v) is 8.61. The van der Waals surface area contributed by atoms with Gasteiger partial charge in [0.05, 0.1) is 17.9 Å². The number of carbonyl (C=O) groups is 2. The van der Waals surface area contributed by atoms with E-state index in [1.165, 1.54) is 6.42 Å². The highest BCUT2D eigenvalue weighted by Crippen LogP contribution is 2.24. The second-order valence-electron chi connectivity index (χ2n) is 8.61. The number of benzene rings is 1. The van der Waals surface area contributed by atoms with Crippen molar-refractivity contribution in [1.29, 1.82) is 0 Å². The van der Waals surface area contributed by atoms with E-state index in [1.54, 1.807) is 19.1 Å². The maximum atomic E-state index is 12.7. The Morgan fingerprint density at radius 3 is 2.73 bits per heavy atom. The van der Waals surface area contributed by atoms with Crippen LogP contribution in [0.2, 0.25) is 0 Å². The summed E-state index contributed by atoms with van der Waals surface area (Å²) < 4.78 is 5.44. The van der Waals surface area contributed by atoms with E-state index in [0.29, 0.717) is 35.4 Å². The summed E-state index contributed by atoms with van der Waals surface area (Å²) in [5, 5.41) is 17.3. The molecule has 2 aliphatic rings. The summed E-state index contributed by atoms with van der Waals surface area (Å²) in [6.45, 7) is 1.90. The third kappa shape index (κ3) is 8.08. The number of hydrogen-bond acceptors (Lipinski definition) is 6. The van der Waals surface area contributed by atoms with Gasteiger partial charge in [-0.2, -0.15) is 0 Å². The van der Waals surface area contributed by atoms with Crippen molar-refractivity contribution in [2.24, 2.45) is 5.16 Å². The Morgan fingerprint density at radius 2 is 1.91 bits per heavy atom. The molecule has 0 aromatic heterocycles. The molecule has 1 fully saturated rings. The number of ether oxygens (including phenoxy) is 1. The topological polar surface area (TPSA) is 97.2 Å². The summed E-state index contributed by atoms with van der Waals surface area (Å²) in [4.78, 5) is 30.4. The highest BCUT2D eigenvalue weighted by atomic mass is 16.6. The number of nitrogens with one attached hydrogen (secondary N) is 1. The van der Waals surface area contributed by atoms with Crippen molar-refractivity contribution in [3.63, 3.8) is 0 Å². The van der Waals surface area contributed by atoms with Crippen LogP contribution in [0.3, 0.4) is 0 Å². The molecule has 33 heavy (non-hydrogen) atoms. The highest BCUT2D eigenvalue weighted by Gasteiger charge is 2.19. The minimum atomic E-state index is -0.427. The summed E-state index contributed by atoms with van der Waals surface area (Å²) >= 11 is 0. The Kier molecular flexibility index (Phi) is 9.54. The number of rotatable bonds is 4. The smallest absolute Gasteiger partial charge is 0.338 e. The van der Waals surface area contributed by atoms with Gasteiger partial charge in [-0.25, -0.2) is 4.79 Å². The van der Waals surface area contributed by atoms with Crippen molar-refractivity contribution in [2.45, 2.75) is 70.8 Å². The lowest BCUT2D eigenvalue weighted by molar-refractivity contribution is -0.126. The van der Waals surface area contributed by atoms with Gasteiger partial charge in [-0.3, -0.25) is 4.79 Å². The lowest BCUT2D eigenvalue weighted by Crippen LogP contribution is -2.38. The van der Waals surface area contributed by atoms with Gasteiger partial charge in [-0.1, -0.05) is 42.6 Å². The molecule has 0 unspecified atom stereocenters. The van der Waals surface area contributed by atoms with Gasteiger partial charge in [0, 0.05) is 12.5 Å². The summed E-state index contributed by atoms with van der Waals surface area (Å²) in [5.74, 6) is -0.540. The van der Waals surface area contributed by atoms with Crippen LogP contribution in [0.15, 0.2) is 41.6 Å². The fourth-order valence-corrected chi connectivity index (χ4v) is 4.22. The Hall–Kier alpha value is -3.09. The number of hydrogen-bond donors (Lipinski definition) is 2. The minimum Gasteiger partial charge on any atom is -0.508 e. The monoisotopic (exact) mass is 454 g/mol. The third-order valence-electron chi connectivity index (χ3n) is 5.82. The summed E-state index contributed by atoms with van der Waals surface area (Å²) in [7, 11) is 0. The molecule has 2 N–H and O–H groups in total. The molecule has 0 saturated heterocycles. The highest BCUT2D eigenvalue weighted by molar-refractivity contribution is 6.00. The van der Waals surface area contributed by atoms with Crippen LogP contribution in [0.4, 0.5) is 0 Å². The molecule has 0 spiro atoms. The molecule has 0 radical (unpaired) electrons. The van der Waals surface area contributed by atoms with E-state index in [-0.39, 0.29) is 30.7 Å². The number of allylic oxidation sites excluding steroid dienone is 3. The Balaban J connectivity index is 1.75. The molecule has 3 rings (SSSR count). The number of phenolic OH excluding ortho intramolecular Hbond substituents is 1. The number of phenols is 1. The first-order valence-corrected chi connectivity index (χ1v) is 11.8. The maximum absolute atomic E-state index is 12.7. The number of carbonyl (C=O) groups excluding carboxylic acids is 2. The summed E-state index contributed by atoms with van der Waals surface area (Å²) in [5.41, 5.74) is 2.21. The van der Waals surface area contributed by atoms with Crippen LogP contribution in [0.5, 0.6) is 5.75 Å². The van der Waals surface area contributed by atoms with Crippen LogP contribution < -0.4 is 5.32 Å². The second kappa shape index (κ2) is 12.8. The summed E-state index contributed by atoms with van der Waals surface area (Å²) in [6.07, 6.45) is 16.0. The molecule has 1 saturated carbocycles. The van der Waals surface area contributed by atoms with Crippen LogP contribution >= 0.6 is 0 Å². The van der Waals surface area contributed by atoms with Crippen molar-refractivity contribution in [3.8, 4) is 5.75 Å². The number of esters is 1. The van der Waals surface area contributed by atoms with E-state index < -0.39 is 5.97 Å². The minimum absolute atomic E-state index is 0.0687. The lowest BCUT2D eigenvalue weighted by atomic mass is 9.95. The number of amides is 1. The van der Waals surface area contributed by atoms with Crippen molar-refractivity contribution >= 4 is 17.6 Å². The van der Waals surface area contributed by atoms with E-state index in [9.17, 15) is 14.7 Å². The van der Waals surface area contributed by atoms with Gasteiger partial charge in [0.2, 0.25) is 0 Å². The zero-order valence-corrected chi connectivity index (χ0v) is 19.3. The van der Waals surface area contributed by atoms with E-state index in [4.69, 9.17) is 9.57 Å². The predicted molar refractivity (Wildman–Crippen MR) is 127 cm³/mol. The molecule has 178 valence electrons. The van der Waals surface area contributed by atoms with Gasteiger partial charge in [-0.15, -0.1) is 0 Å². The third-order valence-corrected chi connectivity index (χ3v) is 5.82. The van der Waals surface area contributed by atoms with Gasteiger partial charge in [0.15, 0.2) is 6.61 Å². The van der Waals surface area contributed by atoms with Gasteiger partial charge in [0.1, 0.15) is 5.75 Å². The Morgan fingerprint density at radius 1 is 1.15 bits per heavy atom. The number of cyclic esters (lactones) is 1. The van der Waals surface area contributed by atoms with Gasteiger partial charge < -0.3 is 20.0 Å². The average molecular weight is 455 g/mol. The predicted octanol–water partition coefficient (Wildman–Crippen LogP) is 4.52. The van der Waals surface area contributed by atoms with Crippen molar-refractivity contribution in [1.82, 2.24) is 5.32 Å². The van der Waals surface area contributed by atoms with Crippen molar-refractivity contribution in [2.75, 3.05) is 13.2 Å². The molecule has 7 nitrogen and oxygen atoms in total. The van der Waals surface area contributed by atoms with Crippen LogP contribution in [0.1, 0.15) is 72.9 Å². The van der Waals surface area contributed by atoms with E-state index in [0.717, 1.165) is 38.5 Å². The number of nitrogens with zero attached hydrogens (tertiary/aromatic N) is 1. The summed E-state index contributed by atoms with van der Waals surface area (Å²) in [6, 6.07) is 3.31. The van der Waals surface area contributed by atoms with Crippen LogP contribution in [0.25, 0.3) is 0 Å². The molecule has 1 aromatic rings. The quantitative estimate of drug-likeness (QED) is 0.396. The molecule has 1 amide bonds. The van der Waals surface area contributed by atoms with Crippen LogP contribution in [0, 0.1) is 6.92 Å². The first kappa shape index (κ1) is 24.6. The lowest BCUT2D eigenvalue weighted by Gasteiger charge is -2.22. The van der Waals surface area contributed by atoms with E-state index in [2.05, 4.69) is 16.5 Å². The molecule has 7 heteroatoms. The average Bonchev–Trinajstić information content (AvgIpc) is 2.77. The SMILES string of the molecule is Cc1cc(O)cc2c1C(=O)OCC/C=C/CC/C=C/C(=N\OCC(=O)NC1CCCCC1)C2. The molecule has 1 aliphatic heterocycles. The molecular weight excluding hydrogens is 420 g/mol. The van der Waals surface area contributed by atoms with E-state index in [1.807, 2.05) is 18.2 Å². The van der Waals surface area contributed by atoms with Crippen molar-refractivity contribution < 1.29 is 24.3 Å². The maximum Gasteiger partial charge on any atom is 0.338 e. The number of oxime groups is 1. The van der Waals surface area contributed by atoms with Crippen LogP contribution in [-0.2, 0) is 20.8 Å². The fourth-order valence-electron chi connectivity index (χ4n) is 4.22. The molecule has 1 aliphatic carbocycles. The Labute approximate surface area is 195 Å². The molecule has 1 heterocycles. The van der Waals surface area contributed by atoms with Gasteiger partial charge in [-0.05, 0) is 68.4 Å². The number of aryl methyl sites for hydroxylation is 1. The standard InChI is InChI=1S/C26H34N2O5/c1-19-15-23(29)17-20-16-22(28-33-18-24(30)27-21-11-8-6-9-12-21)13-7-4-2-3-5-10-14-32-26(31)25(19)20/h3,5,7,13,15,17,21,29H,2,4,6,8-12,14,16,18H2,1H3,(H,27,30)/b5-3+,13-7+,28-22+. The van der Waals surface area contributed by atoms with Gasteiger partial charge >= 0.3 is 5.97 Å². The van der Waals surface area contributed by atoms with Crippen molar-refractivity contribution in [3.05, 3.63) is 53.1 Å².